The molecule has 0 aliphatic carbocycles. The number of rotatable bonds is 2. The first-order chi connectivity index (χ1) is 10.6. The van der Waals surface area contributed by atoms with Crippen molar-refractivity contribution in [2.24, 2.45) is 5.73 Å². The molecule has 1 aromatic rings. The van der Waals surface area contributed by atoms with Gasteiger partial charge < -0.3 is 15.4 Å². The third-order valence-corrected chi connectivity index (χ3v) is 5.91. The number of ether oxygens (including phenoxy) is 1. The Kier molecular flexibility index (Phi) is 3.69. The highest BCUT2D eigenvalue weighted by Gasteiger charge is 2.43. The van der Waals surface area contributed by atoms with Gasteiger partial charge in [-0.15, -0.1) is 11.3 Å². The van der Waals surface area contributed by atoms with Gasteiger partial charge in [-0.3, -0.25) is 4.79 Å². The Balaban J connectivity index is 2.21. The van der Waals surface area contributed by atoms with Crippen molar-refractivity contribution in [3.63, 3.8) is 0 Å². The van der Waals surface area contributed by atoms with Crippen LogP contribution in [0.2, 0.25) is 0 Å². The molecule has 0 unspecified atom stereocenters. The van der Waals surface area contributed by atoms with E-state index >= 15 is 0 Å². The summed E-state index contributed by atoms with van der Waals surface area (Å²) in [6.45, 7) is 11.1. The van der Waals surface area contributed by atoms with Gasteiger partial charge in [0.25, 0.3) is 5.91 Å². The predicted octanol–water partition coefficient (Wildman–Crippen LogP) is 3.71. The van der Waals surface area contributed by atoms with Gasteiger partial charge >= 0.3 is 0 Å². The van der Waals surface area contributed by atoms with E-state index in [-0.39, 0.29) is 11.5 Å². The van der Waals surface area contributed by atoms with E-state index in [0.717, 1.165) is 27.7 Å². The first kappa shape index (κ1) is 16.3. The van der Waals surface area contributed by atoms with Crippen LogP contribution in [0, 0.1) is 0 Å². The number of primary amides is 1. The van der Waals surface area contributed by atoms with Crippen molar-refractivity contribution in [3.05, 3.63) is 39.9 Å². The van der Waals surface area contributed by atoms with Gasteiger partial charge in [-0.2, -0.15) is 0 Å². The lowest BCUT2D eigenvalue weighted by molar-refractivity contribution is -0.135. The van der Waals surface area contributed by atoms with Crippen LogP contribution in [0.3, 0.4) is 0 Å². The van der Waals surface area contributed by atoms with Crippen LogP contribution in [0.1, 0.15) is 55.4 Å². The number of amides is 1. The molecule has 4 nitrogen and oxygen atoms in total. The number of hydrogen-bond donors (Lipinski definition) is 1. The van der Waals surface area contributed by atoms with Gasteiger partial charge in [0.1, 0.15) is 5.00 Å². The number of carbonyl (C=O) groups excluding carboxylic acids is 1. The fourth-order valence-electron chi connectivity index (χ4n) is 3.60. The van der Waals surface area contributed by atoms with Gasteiger partial charge in [0.2, 0.25) is 0 Å². The molecule has 2 aliphatic rings. The Bertz CT molecular complexity index is 726. The standard InChI is InChI=1S/C18H24N2O2S/c1-11-8-6-7-9-20(11)16-13(15(19)21)12-10-17(2,3)22-18(4,5)14(12)23-16/h6-8H,9-10H2,1-5H3,(H2,19,21). The van der Waals surface area contributed by atoms with Crippen LogP contribution in [-0.2, 0) is 16.8 Å². The summed E-state index contributed by atoms with van der Waals surface area (Å²) >= 11 is 1.63. The summed E-state index contributed by atoms with van der Waals surface area (Å²) in [5.74, 6) is -0.353. The van der Waals surface area contributed by atoms with Gasteiger partial charge in [-0.05, 0) is 46.3 Å². The molecule has 0 radical (unpaired) electrons. The van der Waals surface area contributed by atoms with Crippen molar-refractivity contribution in [1.82, 2.24) is 0 Å². The van der Waals surface area contributed by atoms with Gasteiger partial charge in [0.05, 0.1) is 16.8 Å². The van der Waals surface area contributed by atoms with Crippen LogP contribution >= 0.6 is 11.3 Å². The summed E-state index contributed by atoms with van der Waals surface area (Å²) in [6.07, 6.45) is 6.88. The molecule has 0 saturated carbocycles. The third-order valence-electron chi connectivity index (χ3n) is 4.35. The molecule has 1 amide bonds. The lowest BCUT2D eigenvalue weighted by Gasteiger charge is -2.41. The normalized spacial score (nSPS) is 21.8. The second-order valence-electron chi connectivity index (χ2n) is 7.35. The molecule has 0 atom stereocenters. The Labute approximate surface area is 141 Å². The van der Waals surface area contributed by atoms with Crippen LogP contribution < -0.4 is 10.6 Å². The number of nitrogens with zero attached hydrogens (tertiary/aromatic N) is 1. The largest absolute Gasteiger partial charge is 0.365 e. The number of fused-ring (bicyclic) bond motifs is 1. The van der Waals surface area contributed by atoms with Crippen LogP contribution in [0.15, 0.2) is 23.9 Å². The highest BCUT2D eigenvalue weighted by atomic mass is 32.1. The molecular formula is C18H24N2O2S. The van der Waals surface area contributed by atoms with E-state index in [4.69, 9.17) is 10.5 Å². The van der Waals surface area contributed by atoms with Gasteiger partial charge in [0, 0.05) is 23.5 Å². The maximum Gasteiger partial charge on any atom is 0.252 e. The van der Waals surface area contributed by atoms with E-state index < -0.39 is 5.60 Å². The monoisotopic (exact) mass is 332 g/mol. The van der Waals surface area contributed by atoms with E-state index in [1.165, 1.54) is 0 Å². The average Bonchev–Trinajstić information content (AvgIpc) is 2.76. The van der Waals surface area contributed by atoms with Crippen LogP contribution in [0.4, 0.5) is 5.00 Å². The van der Waals surface area contributed by atoms with Crippen molar-refractivity contribution in [3.8, 4) is 0 Å². The number of anilines is 1. The first-order valence-electron chi connectivity index (χ1n) is 7.89. The molecule has 0 bridgehead atoms. The zero-order chi connectivity index (χ0) is 17.0. The number of thiophene rings is 1. The molecule has 2 aliphatic heterocycles. The summed E-state index contributed by atoms with van der Waals surface area (Å²) in [7, 11) is 0. The lowest BCUT2D eigenvalue weighted by Crippen LogP contribution is -2.42. The molecule has 0 aromatic carbocycles. The number of allylic oxidation sites excluding steroid dienone is 3. The minimum absolute atomic E-state index is 0.314. The lowest BCUT2D eigenvalue weighted by atomic mass is 9.86. The average molecular weight is 332 g/mol. The van der Waals surface area contributed by atoms with E-state index in [1.807, 2.05) is 6.08 Å². The highest BCUT2D eigenvalue weighted by Crippen LogP contribution is 2.49. The topological polar surface area (TPSA) is 55.6 Å². The molecule has 0 saturated heterocycles. The minimum Gasteiger partial charge on any atom is -0.365 e. The molecule has 3 heterocycles. The van der Waals surface area contributed by atoms with Crippen LogP contribution in [-0.4, -0.2) is 18.1 Å². The maximum absolute atomic E-state index is 12.3. The zero-order valence-electron chi connectivity index (χ0n) is 14.4. The summed E-state index contributed by atoms with van der Waals surface area (Å²) in [6, 6.07) is 0. The van der Waals surface area contributed by atoms with Crippen molar-refractivity contribution in [1.29, 1.82) is 0 Å². The highest BCUT2D eigenvalue weighted by molar-refractivity contribution is 7.17. The quantitative estimate of drug-likeness (QED) is 0.898. The zero-order valence-corrected chi connectivity index (χ0v) is 15.2. The molecule has 5 heteroatoms. The van der Waals surface area contributed by atoms with E-state index in [9.17, 15) is 4.79 Å². The van der Waals surface area contributed by atoms with Crippen molar-refractivity contribution < 1.29 is 9.53 Å². The first-order valence-corrected chi connectivity index (χ1v) is 8.71. The van der Waals surface area contributed by atoms with E-state index in [0.29, 0.717) is 12.0 Å². The molecule has 0 spiro atoms. The van der Waals surface area contributed by atoms with Crippen molar-refractivity contribution in [2.45, 2.75) is 52.2 Å². The third kappa shape index (κ3) is 2.72. The Morgan fingerprint density at radius 1 is 1.35 bits per heavy atom. The Hall–Kier alpha value is -1.59. The van der Waals surface area contributed by atoms with Crippen LogP contribution in [0.5, 0.6) is 0 Å². The molecule has 2 N–H and O–H groups in total. The van der Waals surface area contributed by atoms with Crippen LogP contribution in [0.25, 0.3) is 0 Å². The fraction of sp³-hybridized carbons (Fsp3) is 0.500. The smallest absolute Gasteiger partial charge is 0.252 e. The second kappa shape index (κ2) is 5.21. The summed E-state index contributed by atoms with van der Waals surface area (Å²) in [5, 5.41) is 0.940. The number of carbonyl (C=O) groups is 1. The Morgan fingerprint density at radius 3 is 2.65 bits per heavy atom. The van der Waals surface area contributed by atoms with E-state index in [1.54, 1.807) is 11.3 Å². The molecular weight excluding hydrogens is 308 g/mol. The Morgan fingerprint density at radius 2 is 2.04 bits per heavy atom. The summed E-state index contributed by atoms with van der Waals surface area (Å²) in [4.78, 5) is 15.5. The molecule has 0 fully saturated rings. The van der Waals surface area contributed by atoms with Gasteiger partial charge in [0.15, 0.2) is 0 Å². The van der Waals surface area contributed by atoms with Gasteiger partial charge in [-0.1, -0.05) is 12.2 Å². The summed E-state index contributed by atoms with van der Waals surface area (Å²) < 4.78 is 6.26. The van der Waals surface area contributed by atoms with E-state index in [2.05, 4.69) is 51.7 Å². The number of hydrogen-bond acceptors (Lipinski definition) is 4. The predicted molar refractivity (Wildman–Crippen MR) is 95.0 cm³/mol. The van der Waals surface area contributed by atoms with Gasteiger partial charge in [-0.25, -0.2) is 0 Å². The SMILES string of the molecule is CC1=CC=CCN1c1sc2c(c1C(N)=O)CC(C)(C)OC2(C)C. The number of nitrogens with two attached hydrogens (primary N) is 1. The van der Waals surface area contributed by atoms with Crippen molar-refractivity contribution >= 4 is 22.2 Å². The minimum atomic E-state index is -0.423. The molecule has 3 rings (SSSR count). The summed E-state index contributed by atoms with van der Waals surface area (Å²) in [5.41, 5.74) is 7.88. The second-order valence-corrected chi connectivity index (χ2v) is 8.35. The molecule has 124 valence electrons. The maximum atomic E-state index is 12.3. The molecule has 23 heavy (non-hydrogen) atoms. The molecule has 1 aromatic heterocycles. The van der Waals surface area contributed by atoms with Crippen molar-refractivity contribution in [2.75, 3.05) is 11.4 Å². The fourth-order valence-corrected chi connectivity index (χ4v) is 5.03.